The van der Waals surface area contributed by atoms with E-state index in [0.717, 1.165) is 49.4 Å². The van der Waals surface area contributed by atoms with Crippen LogP contribution in [0.1, 0.15) is 43.9 Å². The van der Waals surface area contributed by atoms with Gasteiger partial charge in [-0.15, -0.1) is 0 Å². The lowest BCUT2D eigenvalue weighted by Crippen LogP contribution is -2.53. The predicted molar refractivity (Wildman–Crippen MR) is 121 cm³/mol. The molecule has 2 aromatic carbocycles. The van der Waals surface area contributed by atoms with Gasteiger partial charge in [-0.05, 0) is 61.5 Å². The van der Waals surface area contributed by atoms with Crippen LogP contribution >= 0.6 is 0 Å². The molecule has 6 rings (SSSR count). The molecule has 0 spiro atoms. The van der Waals surface area contributed by atoms with Gasteiger partial charge in [0.25, 0.3) is 0 Å². The molecule has 2 aromatic rings. The molecule has 4 aliphatic rings. The summed E-state index contributed by atoms with van der Waals surface area (Å²) in [4.78, 5) is 15.3. The molecule has 2 atom stereocenters. The minimum Gasteiger partial charge on any atom is -0.493 e. The van der Waals surface area contributed by atoms with Crippen LogP contribution in [0.4, 0.5) is 4.79 Å². The SMILES string of the molecule is Cc1ccccc1-c1ccc2c(c1)OCC(C)(C)C2NC(=O)O[C@@H]1CN2CCC1CC2. The molecule has 0 radical (unpaired) electrons. The van der Waals surface area contributed by atoms with Crippen molar-refractivity contribution >= 4 is 6.09 Å². The number of piperidine rings is 3. The molecule has 2 bridgehead atoms. The van der Waals surface area contributed by atoms with E-state index in [4.69, 9.17) is 9.47 Å². The summed E-state index contributed by atoms with van der Waals surface area (Å²) < 4.78 is 12.1. The number of carbonyl (C=O) groups is 1. The van der Waals surface area contributed by atoms with Crippen molar-refractivity contribution in [2.24, 2.45) is 11.3 Å². The number of hydrogen-bond acceptors (Lipinski definition) is 4. The fourth-order valence-electron chi connectivity index (χ4n) is 5.34. The Kier molecular flexibility index (Phi) is 5.17. The lowest BCUT2D eigenvalue weighted by atomic mass is 9.78. The maximum atomic E-state index is 12.9. The quantitative estimate of drug-likeness (QED) is 0.764. The zero-order chi connectivity index (χ0) is 21.6. The third kappa shape index (κ3) is 3.91. The van der Waals surface area contributed by atoms with Crippen LogP contribution < -0.4 is 10.1 Å². The van der Waals surface area contributed by atoms with Crippen molar-refractivity contribution in [1.82, 2.24) is 10.2 Å². The number of nitrogens with one attached hydrogen (secondary N) is 1. The highest BCUT2D eigenvalue weighted by atomic mass is 16.6. The highest BCUT2D eigenvalue weighted by Gasteiger charge is 2.41. The first-order valence-corrected chi connectivity index (χ1v) is 11.4. The molecule has 1 N–H and O–H groups in total. The van der Waals surface area contributed by atoms with Gasteiger partial charge < -0.3 is 14.8 Å². The predicted octanol–water partition coefficient (Wildman–Crippen LogP) is 4.94. The zero-order valence-electron chi connectivity index (χ0n) is 18.7. The number of aryl methyl sites for hydroxylation is 1. The zero-order valence-corrected chi connectivity index (χ0v) is 18.7. The number of nitrogens with zero attached hydrogens (tertiary/aromatic N) is 1. The van der Waals surface area contributed by atoms with E-state index in [9.17, 15) is 4.79 Å². The van der Waals surface area contributed by atoms with Gasteiger partial charge in [-0.1, -0.05) is 50.2 Å². The molecular weight excluding hydrogens is 388 g/mol. The molecule has 3 saturated heterocycles. The number of benzene rings is 2. The molecule has 4 aliphatic heterocycles. The summed E-state index contributed by atoms with van der Waals surface area (Å²) in [5, 5.41) is 3.18. The second-order valence-electron chi connectivity index (χ2n) is 10.0. The molecule has 3 fully saturated rings. The fraction of sp³-hybridized carbons (Fsp3) is 0.500. The summed E-state index contributed by atoms with van der Waals surface area (Å²) in [5.74, 6) is 1.34. The lowest BCUT2D eigenvalue weighted by Gasteiger charge is -2.44. The number of ether oxygens (including phenoxy) is 2. The molecule has 5 heteroatoms. The molecule has 0 aliphatic carbocycles. The third-order valence-electron chi connectivity index (χ3n) is 7.28. The summed E-state index contributed by atoms with van der Waals surface area (Å²) in [6.07, 6.45) is 1.96. The van der Waals surface area contributed by atoms with Gasteiger partial charge in [-0.25, -0.2) is 4.79 Å². The molecule has 1 unspecified atom stereocenters. The molecule has 0 aromatic heterocycles. The Hall–Kier alpha value is -2.53. The van der Waals surface area contributed by atoms with Gasteiger partial charge in [0.1, 0.15) is 11.9 Å². The standard InChI is InChI=1S/C26H32N2O3/c1-17-6-4-5-7-20(17)19-8-9-21-22(14-19)30-16-26(2,3)24(21)27-25(29)31-23-15-28-12-10-18(23)11-13-28/h4-9,14,18,23-24H,10-13,15-16H2,1-3H3,(H,27,29)/t23-,24?/m1/s1. The Labute approximate surface area is 184 Å². The van der Waals surface area contributed by atoms with Crippen LogP contribution in [0.25, 0.3) is 11.1 Å². The molecule has 1 amide bonds. The van der Waals surface area contributed by atoms with Gasteiger partial charge in [-0.3, -0.25) is 4.90 Å². The van der Waals surface area contributed by atoms with Gasteiger partial charge in [0.2, 0.25) is 0 Å². The van der Waals surface area contributed by atoms with Gasteiger partial charge in [0.15, 0.2) is 0 Å². The Morgan fingerprint density at radius 3 is 2.65 bits per heavy atom. The molecular formula is C26H32N2O3. The largest absolute Gasteiger partial charge is 0.493 e. The number of hydrogen-bond donors (Lipinski definition) is 1. The molecule has 0 saturated carbocycles. The van der Waals surface area contributed by atoms with Crippen molar-refractivity contribution in [3.05, 3.63) is 53.6 Å². The second kappa shape index (κ2) is 7.86. The van der Waals surface area contributed by atoms with Gasteiger partial charge in [0.05, 0.1) is 12.6 Å². The van der Waals surface area contributed by atoms with Crippen LogP contribution in [-0.4, -0.2) is 43.3 Å². The summed E-state index contributed by atoms with van der Waals surface area (Å²) in [6, 6.07) is 14.5. The monoisotopic (exact) mass is 420 g/mol. The maximum absolute atomic E-state index is 12.9. The van der Waals surface area contributed by atoms with Crippen LogP contribution in [-0.2, 0) is 4.74 Å². The van der Waals surface area contributed by atoms with Crippen LogP contribution in [0, 0.1) is 18.3 Å². The molecule has 164 valence electrons. The summed E-state index contributed by atoms with van der Waals surface area (Å²) >= 11 is 0. The van der Waals surface area contributed by atoms with E-state index in [-0.39, 0.29) is 23.7 Å². The number of rotatable bonds is 3. The van der Waals surface area contributed by atoms with Crippen molar-refractivity contribution < 1.29 is 14.3 Å². The first kappa shape index (κ1) is 20.4. The van der Waals surface area contributed by atoms with Crippen molar-refractivity contribution in [3.63, 3.8) is 0 Å². The van der Waals surface area contributed by atoms with Crippen LogP contribution in [0.15, 0.2) is 42.5 Å². The van der Waals surface area contributed by atoms with E-state index in [1.165, 1.54) is 11.1 Å². The smallest absolute Gasteiger partial charge is 0.407 e. The van der Waals surface area contributed by atoms with Gasteiger partial charge >= 0.3 is 6.09 Å². The van der Waals surface area contributed by atoms with Gasteiger partial charge in [-0.2, -0.15) is 0 Å². The second-order valence-corrected chi connectivity index (χ2v) is 10.0. The average molecular weight is 421 g/mol. The average Bonchev–Trinajstić information content (AvgIpc) is 2.77. The van der Waals surface area contributed by atoms with E-state index < -0.39 is 0 Å². The maximum Gasteiger partial charge on any atom is 0.407 e. The molecule has 5 nitrogen and oxygen atoms in total. The Morgan fingerprint density at radius 1 is 1.16 bits per heavy atom. The van der Waals surface area contributed by atoms with E-state index >= 15 is 0 Å². The van der Waals surface area contributed by atoms with Crippen LogP contribution in [0.2, 0.25) is 0 Å². The number of carbonyl (C=O) groups excluding carboxylic acids is 1. The van der Waals surface area contributed by atoms with Gasteiger partial charge in [0, 0.05) is 17.5 Å². The Balaban J connectivity index is 1.36. The normalized spacial score (nSPS) is 28.4. The summed E-state index contributed by atoms with van der Waals surface area (Å²) in [5.41, 5.74) is 4.34. The number of alkyl carbamates (subject to hydrolysis) is 1. The molecule has 31 heavy (non-hydrogen) atoms. The number of amides is 1. The summed E-state index contributed by atoms with van der Waals surface area (Å²) in [6.45, 7) is 10.1. The van der Waals surface area contributed by atoms with Crippen LogP contribution in [0.5, 0.6) is 5.75 Å². The Bertz CT molecular complexity index is 978. The molecule has 4 heterocycles. The Morgan fingerprint density at radius 2 is 1.94 bits per heavy atom. The third-order valence-corrected chi connectivity index (χ3v) is 7.28. The van der Waals surface area contributed by atoms with E-state index in [0.29, 0.717) is 12.5 Å². The van der Waals surface area contributed by atoms with E-state index in [1.807, 2.05) is 0 Å². The lowest BCUT2D eigenvalue weighted by molar-refractivity contribution is -0.0361. The van der Waals surface area contributed by atoms with E-state index in [2.05, 4.69) is 73.5 Å². The summed E-state index contributed by atoms with van der Waals surface area (Å²) in [7, 11) is 0. The fourth-order valence-corrected chi connectivity index (χ4v) is 5.34. The minimum atomic E-state index is -0.312. The van der Waals surface area contributed by atoms with Crippen molar-refractivity contribution in [3.8, 4) is 16.9 Å². The van der Waals surface area contributed by atoms with E-state index in [1.54, 1.807) is 0 Å². The highest BCUT2D eigenvalue weighted by Crippen LogP contribution is 2.44. The topological polar surface area (TPSA) is 50.8 Å². The van der Waals surface area contributed by atoms with Crippen molar-refractivity contribution in [1.29, 1.82) is 0 Å². The highest BCUT2D eigenvalue weighted by molar-refractivity contribution is 5.71. The van der Waals surface area contributed by atoms with Crippen molar-refractivity contribution in [2.75, 3.05) is 26.2 Å². The number of fused-ring (bicyclic) bond motifs is 4. The van der Waals surface area contributed by atoms with Crippen molar-refractivity contribution in [2.45, 2.75) is 45.8 Å². The first-order chi connectivity index (χ1) is 14.9. The first-order valence-electron chi connectivity index (χ1n) is 11.4. The van der Waals surface area contributed by atoms with Crippen LogP contribution in [0.3, 0.4) is 0 Å². The minimum absolute atomic E-state index is 0.00774.